The van der Waals surface area contributed by atoms with E-state index in [9.17, 15) is 9.50 Å². The topological polar surface area (TPSA) is 45.2 Å². The summed E-state index contributed by atoms with van der Waals surface area (Å²) in [6.45, 7) is 5.27. The van der Waals surface area contributed by atoms with Crippen molar-refractivity contribution in [2.75, 3.05) is 5.32 Å². The Labute approximate surface area is 83.0 Å². The molecule has 1 aromatic heterocycles. The largest absolute Gasteiger partial charge is 0.388 e. The van der Waals surface area contributed by atoms with E-state index in [4.69, 9.17) is 0 Å². The van der Waals surface area contributed by atoms with Crippen molar-refractivity contribution in [2.45, 2.75) is 32.4 Å². The van der Waals surface area contributed by atoms with Gasteiger partial charge in [-0.1, -0.05) is 0 Å². The van der Waals surface area contributed by atoms with Crippen molar-refractivity contribution in [3.8, 4) is 0 Å². The number of aromatic nitrogens is 1. The van der Waals surface area contributed by atoms with E-state index < -0.39 is 11.5 Å². The minimum absolute atomic E-state index is 0.130. The molecule has 14 heavy (non-hydrogen) atoms. The smallest absolute Gasteiger partial charge is 0.212 e. The number of nitrogens with one attached hydrogen (secondary N) is 1. The predicted molar refractivity (Wildman–Crippen MR) is 53.6 cm³/mol. The van der Waals surface area contributed by atoms with Crippen LogP contribution in [0.2, 0.25) is 0 Å². The second-order valence-corrected chi connectivity index (χ2v) is 3.89. The van der Waals surface area contributed by atoms with Gasteiger partial charge in [0.1, 0.15) is 0 Å². The number of nitrogens with zero attached hydrogens (tertiary/aromatic N) is 1. The van der Waals surface area contributed by atoms with Crippen molar-refractivity contribution < 1.29 is 9.50 Å². The zero-order valence-corrected chi connectivity index (χ0v) is 8.58. The van der Waals surface area contributed by atoms with Gasteiger partial charge in [0.2, 0.25) is 5.95 Å². The van der Waals surface area contributed by atoms with Gasteiger partial charge in [0.15, 0.2) is 0 Å². The summed E-state index contributed by atoms with van der Waals surface area (Å²) in [5.74, 6) is -0.508. The first-order valence-corrected chi connectivity index (χ1v) is 4.50. The fraction of sp³-hybridized carbons (Fsp3) is 0.500. The highest BCUT2D eigenvalue weighted by atomic mass is 19.1. The molecule has 0 aromatic carbocycles. The Morgan fingerprint density at radius 2 is 2.14 bits per heavy atom. The molecule has 3 nitrogen and oxygen atoms in total. The molecular weight excluding hydrogens is 183 g/mol. The van der Waals surface area contributed by atoms with Crippen LogP contribution in [0.25, 0.3) is 0 Å². The number of hydrogen-bond acceptors (Lipinski definition) is 3. The Hall–Kier alpha value is -1.16. The zero-order chi connectivity index (χ0) is 10.8. The van der Waals surface area contributed by atoms with Crippen LogP contribution in [0, 0.1) is 5.95 Å². The lowest BCUT2D eigenvalue weighted by molar-refractivity contribution is 0.0649. The van der Waals surface area contributed by atoms with Crippen molar-refractivity contribution in [2.24, 2.45) is 0 Å². The van der Waals surface area contributed by atoms with E-state index in [-0.39, 0.29) is 6.04 Å². The molecule has 0 saturated heterocycles. The first-order valence-electron chi connectivity index (χ1n) is 4.50. The average molecular weight is 198 g/mol. The van der Waals surface area contributed by atoms with Crippen LogP contribution in [-0.4, -0.2) is 21.7 Å². The molecule has 1 unspecified atom stereocenters. The highest BCUT2D eigenvalue weighted by Crippen LogP contribution is 2.14. The number of hydrogen-bond donors (Lipinski definition) is 2. The Morgan fingerprint density at radius 3 is 2.57 bits per heavy atom. The van der Waals surface area contributed by atoms with Crippen molar-refractivity contribution in [1.82, 2.24) is 4.98 Å². The molecule has 0 amide bonds. The summed E-state index contributed by atoms with van der Waals surface area (Å²) >= 11 is 0. The third-order valence-electron chi connectivity index (χ3n) is 2.17. The summed E-state index contributed by atoms with van der Waals surface area (Å²) in [5, 5.41) is 12.7. The van der Waals surface area contributed by atoms with Crippen LogP contribution < -0.4 is 5.32 Å². The van der Waals surface area contributed by atoms with Crippen LogP contribution in [-0.2, 0) is 0 Å². The van der Waals surface area contributed by atoms with Gasteiger partial charge in [0.25, 0.3) is 0 Å². The number of anilines is 1. The van der Waals surface area contributed by atoms with Crippen LogP contribution in [0.5, 0.6) is 0 Å². The molecule has 0 aliphatic rings. The number of rotatable bonds is 3. The first-order chi connectivity index (χ1) is 6.39. The zero-order valence-electron chi connectivity index (χ0n) is 8.58. The van der Waals surface area contributed by atoms with Gasteiger partial charge < -0.3 is 10.4 Å². The first kappa shape index (κ1) is 10.9. The van der Waals surface area contributed by atoms with Crippen molar-refractivity contribution in [3.63, 3.8) is 0 Å². The van der Waals surface area contributed by atoms with Gasteiger partial charge in [-0.05, 0) is 32.9 Å². The maximum absolute atomic E-state index is 12.5. The molecule has 0 radical (unpaired) electrons. The molecule has 0 bridgehead atoms. The summed E-state index contributed by atoms with van der Waals surface area (Å²) in [6.07, 6.45) is 1.40. The van der Waals surface area contributed by atoms with Crippen LogP contribution >= 0.6 is 0 Å². The molecule has 1 atom stereocenters. The van der Waals surface area contributed by atoms with Crippen molar-refractivity contribution in [1.29, 1.82) is 0 Å². The van der Waals surface area contributed by atoms with Gasteiger partial charge >= 0.3 is 0 Å². The number of pyridine rings is 1. The monoisotopic (exact) mass is 198 g/mol. The molecule has 4 heteroatoms. The summed E-state index contributed by atoms with van der Waals surface area (Å²) in [4.78, 5) is 3.50. The Kier molecular flexibility index (Phi) is 3.06. The van der Waals surface area contributed by atoms with Gasteiger partial charge in [-0.25, -0.2) is 4.98 Å². The van der Waals surface area contributed by atoms with Gasteiger partial charge in [-0.15, -0.1) is 0 Å². The van der Waals surface area contributed by atoms with E-state index in [1.54, 1.807) is 19.9 Å². The molecule has 0 spiro atoms. The van der Waals surface area contributed by atoms with E-state index in [1.165, 1.54) is 12.3 Å². The summed E-state index contributed by atoms with van der Waals surface area (Å²) in [7, 11) is 0. The average Bonchev–Trinajstić information content (AvgIpc) is 2.07. The molecule has 0 aliphatic heterocycles. The van der Waals surface area contributed by atoms with Gasteiger partial charge in [0, 0.05) is 0 Å². The normalized spacial score (nSPS) is 13.8. The quantitative estimate of drug-likeness (QED) is 0.728. The van der Waals surface area contributed by atoms with Gasteiger partial charge in [-0.3, -0.25) is 0 Å². The van der Waals surface area contributed by atoms with Gasteiger partial charge in [0.05, 0.1) is 23.5 Å². The number of halogens is 1. The number of aliphatic hydroxyl groups is 1. The molecular formula is C10H15FN2O. The molecule has 1 heterocycles. The highest BCUT2D eigenvalue weighted by molar-refractivity contribution is 5.41. The predicted octanol–water partition coefficient (Wildman–Crippen LogP) is 1.79. The van der Waals surface area contributed by atoms with Crippen LogP contribution in [0.15, 0.2) is 18.3 Å². The van der Waals surface area contributed by atoms with Crippen molar-refractivity contribution in [3.05, 3.63) is 24.3 Å². The fourth-order valence-corrected chi connectivity index (χ4v) is 0.888. The Balaban J connectivity index is 2.65. The lowest BCUT2D eigenvalue weighted by Crippen LogP contribution is -2.39. The fourth-order valence-electron chi connectivity index (χ4n) is 0.888. The maximum Gasteiger partial charge on any atom is 0.212 e. The lowest BCUT2D eigenvalue weighted by Gasteiger charge is -2.27. The summed E-state index contributed by atoms with van der Waals surface area (Å²) < 4.78 is 12.5. The van der Waals surface area contributed by atoms with Crippen molar-refractivity contribution >= 4 is 5.69 Å². The maximum atomic E-state index is 12.5. The SMILES string of the molecule is CC(Nc1ccc(F)nc1)C(C)(C)O. The Morgan fingerprint density at radius 1 is 1.50 bits per heavy atom. The summed E-state index contributed by atoms with van der Waals surface area (Å²) in [5.41, 5.74) is -0.130. The molecule has 0 saturated carbocycles. The standard InChI is InChI=1S/C10H15FN2O/c1-7(10(2,3)14)13-8-4-5-9(11)12-6-8/h4-7,13-14H,1-3H3. The van der Waals surface area contributed by atoms with E-state index in [0.29, 0.717) is 5.69 Å². The highest BCUT2D eigenvalue weighted by Gasteiger charge is 2.21. The second kappa shape index (κ2) is 3.92. The van der Waals surface area contributed by atoms with Gasteiger partial charge in [-0.2, -0.15) is 4.39 Å². The minimum atomic E-state index is -0.825. The van der Waals surface area contributed by atoms with E-state index in [1.807, 2.05) is 6.92 Å². The minimum Gasteiger partial charge on any atom is -0.388 e. The summed E-state index contributed by atoms with van der Waals surface area (Å²) in [6, 6.07) is 2.74. The molecule has 2 N–H and O–H groups in total. The second-order valence-electron chi connectivity index (χ2n) is 3.89. The molecule has 1 rings (SSSR count). The molecule has 78 valence electrons. The molecule has 0 fully saturated rings. The third kappa shape index (κ3) is 2.96. The Bertz CT molecular complexity index is 292. The third-order valence-corrected chi connectivity index (χ3v) is 2.17. The van der Waals surface area contributed by atoms with Crippen LogP contribution in [0.3, 0.4) is 0 Å². The molecule has 0 aliphatic carbocycles. The van der Waals surface area contributed by atoms with Crippen LogP contribution in [0.1, 0.15) is 20.8 Å². The van der Waals surface area contributed by atoms with E-state index in [2.05, 4.69) is 10.3 Å². The van der Waals surface area contributed by atoms with E-state index in [0.717, 1.165) is 0 Å². The van der Waals surface area contributed by atoms with Crippen LogP contribution in [0.4, 0.5) is 10.1 Å². The van der Waals surface area contributed by atoms with E-state index >= 15 is 0 Å². The molecule has 1 aromatic rings. The lowest BCUT2D eigenvalue weighted by atomic mass is 10.0.